The molecule has 1 atom stereocenters. The van der Waals surface area contributed by atoms with Gasteiger partial charge in [0.15, 0.2) is 5.70 Å². The molecule has 2 aliphatic rings. The lowest BCUT2D eigenvalue weighted by Crippen LogP contribution is -2.33. The molecular weight excluding hydrogens is 314 g/mol. The van der Waals surface area contributed by atoms with E-state index in [1.54, 1.807) is 12.1 Å². The first-order valence-electron chi connectivity index (χ1n) is 7.15. The Bertz CT molecular complexity index is 636. The SMILES string of the molecule is Fc1cc(N2C=C(C(F)(F)F)N=CC2)ccc1[C@@H]1CNCCO1. The standard InChI is InChI=1S/C15H15F4N3O/c16-12-7-10(1-2-11(12)13-8-20-4-6-23-13)22-5-3-21-14(9-22)15(17,18)19/h1-3,7,9,13,20H,4-6,8H2/t13-/m0/s1. The molecule has 0 unspecified atom stereocenters. The number of rotatable bonds is 2. The van der Waals surface area contributed by atoms with Crippen molar-refractivity contribution in [2.24, 2.45) is 4.99 Å². The third-order valence-corrected chi connectivity index (χ3v) is 3.67. The molecule has 8 heteroatoms. The van der Waals surface area contributed by atoms with Gasteiger partial charge in [0.25, 0.3) is 0 Å². The van der Waals surface area contributed by atoms with Crippen molar-refractivity contribution in [2.45, 2.75) is 12.3 Å². The smallest absolute Gasteiger partial charge is 0.371 e. The Hall–Kier alpha value is -1.93. The van der Waals surface area contributed by atoms with Crippen LogP contribution in [0.4, 0.5) is 23.2 Å². The molecule has 2 heterocycles. The zero-order valence-corrected chi connectivity index (χ0v) is 12.1. The molecule has 0 aliphatic carbocycles. The Morgan fingerprint density at radius 1 is 1.30 bits per heavy atom. The number of allylic oxidation sites excluding steroid dienone is 1. The summed E-state index contributed by atoms with van der Waals surface area (Å²) >= 11 is 0. The first-order chi connectivity index (χ1) is 10.9. The van der Waals surface area contributed by atoms with Crippen LogP contribution in [-0.2, 0) is 4.74 Å². The lowest BCUT2D eigenvalue weighted by molar-refractivity contribution is -0.0926. The number of anilines is 1. The van der Waals surface area contributed by atoms with Crippen molar-refractivity contribution in [3.8, 4) is 0 Å². The number of ether oxygens (including phenoxy) is 1. The molecule has 0 saturated carbocycles. The van der Waals surface area contributed by atoms with Crippen LogP contribution in [0.2, 0.25) is 0 Å². The molecule has 1 N–H and O–H groups in total. The van der Waals surface area contributed by atoms with Crippen molar-refractivity contribution in [3.63, 3.8) is 0 Å². The highest BCUT2D eigenvalue weighted by Crippen LogP contribution is 2.31. The van der Waals surface area contributed by atoms with Crippen LogP contribution >= 0.6 is 0 Å². The number of nitrogens with zero attached hydrogens (tertiary/aromatic N) is 2. The number of alkyl halides is 3. The highest BCUT2D eigenvalue weighted by molar-refractivity contribution is 5.71. The highest BCUT2D eigenvalue weighted by Gasteiger charge is 2.35. The van der Waals surface area contributed by atoms with Gasteiger partial charge in [0.1, 0.15) is 5.82 Å². The fraction of sp³-hybridized carbons (Fsp3) is 0.400. The summed E-state index contributed by atoms with van der Waals surface area (Å²) in [7, 11) is 0. The molecule has 3 rings (SSSR count). The van der Waals surface area contributed by atoms with Crippen LogP contribution in [0.3, 0.4) is 0 Å². The second-order valence-corrected chi connectivity index (χ2v) is 5.25. The fourth-order valence-corrected chi connectivity index (χ4v) is 2.51. The Labute approximate surface area is 130 Å². The maximum absolute atomic E-state index is 14.3. The van der Waals surface area contributed by atoms with Crippen molar-refractivity contribution in [1.82, 2.24) is 5.32 Å². The second-order valence-electron chi connectivity index (χ2n) is 5.25. The van der Waals surface area contributed by atoms with Crippen LogP contribution in [0.5, 0.6) is 0 Å². The van der Waals surface area contributed by atoms with E-state index in [1.165, 1.54) is 11.0 Å². The summed E-state index contributed by atoms with van der Waals surface area (Å²) in [5, 5.41) is 3.11. The van der Waals surface area contributed by atoms with E-state index in [4.69, 9.17) is 4.74 Å². The minimum Gasteiger partial charge on any atom is -0.371 e. The first-order valence-corrected chi connectivity index (χ1v) is 7.15. The van der Waals surface area contributed by atoms with Crippen molar-refractivity contribution < 1.29 is 22.3 Å². The summed E-state index contributed by atoms with van der Waals surface area (Å²) in [5.41, 5.74) is -0.275. The molecule has 0 bridgehead atoms. The van der Waals surface area contributed by atoms with Crippen LogP contribution in [0, 0.1) is 5.82 Å². The van der Waals surface area contributed by atoms with Gasteiger partial charge in [-0.1, -0.05) is 6.07 Å². The topological polar surface area (TPSA) is 36.9 Å². The maximum Gasteiger partial charge on any atom is 0.434 e. The van der Waals surface area contributed by atoms with Gasteiger partial charge in [-0.25, -0.2) is 4.39 Å². The molecule has 0 spiro atoms. The predicted molar refractivity (Wildman–Crippen MR) is 77.9 cm³/mol. The normalized spacial score (nSPS) is 22.2. The Balaban J connectivity index is 1.83. The summed E-state index contributed by atoms with van der Waals surface area (Å²) in [6, 6.07) is 4.35. The average Bonchev–Trinajstić information content (AvgIpc) is 2.55. The Morgan fingerprint density at radius 2 is 2.13 bits per heavy atom. The van der Waals surface area contributed by atoms with Gasteiger partial charge in [-0.05, 0) is 12.1 Å². The van der Waals surface area contributed by atoms with Crippen LogP contribution in [0.1, 0.15) is 11.7 Å². The van der Waals surface area contributed by atoms with Crippen LogP contribution < -0.4 is 10.2 Å². The quantitative estimate of drug-likeness (QED) is 0.848. The third kappa shape index (κ3) is 3.53. The predicted octanol–water partition coefficient (Wildman–Crippen LogP) is 2.78. The molecule has 0 radical (unpaired) electrons. The summed E-state index contributed by atoms with van der Waals surface area (Å²) in [5.74, 6) is -0.499. The largest absolute Gasteiger partial charge is 0.434 e. The summed E-state index contributed by atoms with van der Waals surface area (Å²) in [6.07, 6.45) is -2.88. The van der Waals surface area contributed by atoms with Crippen LogP contribution in [0.15, 0.2) is 35.1 Å². The molecule has 1 aromatic rings. The fourth-order valence-electron chi connectivity index (χ4n) is 2.51. The molecule has 0 amide bonds. The second kappa shape index (κ2) is 6.29. The number of morpholine rings is 1. The van der Waals surface area contributed by atoms with Crippen molar-refractivity contribution in [2.75, 3.05) is 31.1 Å². The van der Waals surface area contributed by atoms with Crippen molar-refractivity contribution >= 4 is 11.9 Å². The van der Waals surface area contributed by atoms with E-state index < -0.39 is 17.7 Å². The Morgan fingerprint density at radius 3 is 2.78 bits per heavy atom. The van der Waals surface area contributed by atoms with Crippen LogP contribution in [0.25, 0.3) is 0 Å². The van der Waals surface area contributed by atoms with Gasteiger partial charge in [-0.2, -0.15) is 13.2 Å². The molecule has 1 fully saturated rings. The molecule has 2 aliphatic heterocycles. The van der Waals surface area contributed by atoms with E-state index in [0.717, 1.165) is 12.4 Å². The lowest BCUT2D eigenvalue weighted by Gasteiger charge is -2.26. The molecule has 4 nitrogen and oxygen atoms in total. The van der Waals surface area contributed by atoms with Gasteiger partial charge >= 0.3 is 6.18 Å². The van der Waals surface area contributed by atoms with Crippen molar-refractivity contribution in [3.05, 3.63) is 41.5 Å². The van der Waals surface area contributed by atoms with Gasteiger partial charge in [0.2, 0.25) is 0 Å². The van der Waals surface area contributed by atoms with Crippen molar-refractivity contribution in [1.29, 1.82) is 0 Å². The summed E-state index contributed by atoms with van der Waals surface area (Å²) in [4.78, 5) is 4.65. The number of halogens is 4. The van der Waals surface area contributed by atoms with E-state index in [9.17, 15) is 17.6 Å². The number of aliphatic imine (C=N–C) groups is 1. The lowest BCUT2D eigenvalue weighted by atomic mass is 10.1. The van der Waals surface area contributed by atoms with E-state index in [0.29, 0.717) is 30.9 Å². The number of hydrogen-bond acceptors (Lipinski definition) is 4. The van der Waals surface area contributed by atoms with Crippen LogP contribution in [-0.4, -0.2) is 38.6 Å². The Kier molecular flexibility index (Phi) is 4.36. The number of hydrogen-bond donors (Lipinski definition) is 1. The zero-order valence-electron chi connectivity index (χ0n) is 12.1. The molecule has 0 aromatic heterocycles. The van der Waals surface area contributed by atoms with Gasteiger partial charge in [0.05, 0.1) is 19.3 Å². The number of benzene rings is 1. The minimum atomic E-state index is -4.53. The minimum absolute atomic E-state index is 0.153. The van der Waals surface area contributed by atoms with E-state index in [-0.39, 0.29) is 12.6 Å². The molecular formula is C15H15F4N3O. The van der Waals surface area contributed by atoms with E-state index in [1.807, 2.05) is 0 Å². The zero-order chi connectivity index (χ0) is 16.4. The summed E-state index contributed by atoms with van der Waals surface area (Å²) in [6.45, 7) is 1.87. The number of nitrogens with one attached hydrogen (secondary N) is 1. The van der Waals surface area contributed by atoms with Gasteiger partial charge in [-0.15, -0.1) is 0 Å². The monoisotopic (exact) mass is 329 g/mol. The first kappa shape index (κ1) is 15.9. The maximum atomic E-state index is 14.3. The van der Waals surface area contributed by atoms with Gasteiger partial charge < -0.3 is 15.0 Å². The highest BCUT2D eigenvalue weighted by atomic mass is 19.4. The van der Waals surface area contributed by atoms with E-state index in [2.05, 4.69) is 10.3 Å². The molecule has 124 valence electrons. The molecule has 23 heavy (non-hydrogen) atoms. The molecule has 1 saturated heterocycles. The van der Waals surface area contributed by atoms with Gasteiger partial charge in [0, 0.05) is 36.8 Å². The van der Waals surface area contributed by atoms with Gasteiger partial charge in [-0.3, -0.25) is 4.99 Å². The average molecular weight is 329 g/mol. The summed E-state index contributed by atoms with van der Waals surface area (Å²) < 4.78 is 57.9. The molecule has 1 aromatic carbocycles. The third-order valence-electron chi connectivity index (χ3n) is 3.67. The van der Waals surface area contributed by atoms with E-state index >= 15 is 0 Å².